The summed E-state index contributed by atoms with van der Waals surface area (Å²) < 4.78 is 0. The number of benzene rings is 1. The number of hydrogen-bond acceptors (Lipinski definition) is 2. The lowest BCUT2D eigenvalue weighted by Crippen LogP contribution is -2.45. The molecule has 0 saturated heterocycles. The van der Waals surface area contributed by atoms with E-state index in [-0.39, 0.29) is 24.4 Å². The summed E-state index contributed by atoms with van der Waals surface area (Å²) in [4.78, 5) is 27.8. The lowest BCUT2D eigenvalue weighted by Gasteiger charge is -2.31. The van der Waals surface area contributed by atoms with Crippen LogP contribution in [0.3, 0.4) is 0 Å². The van der Waals surface area contributed by atoms with E-state index in [9.17, 15) is 9.59 Å². The van der Waals surface area contributed by atoms with Crippen LogP contribution in [0.25, 0.3) is 0 Å². The fourth-order valence-electron chi connectivity index (χ4n) is 2.91. The molecule has 1 aromatic carbocycles. The van der Waals surface area contributed by atoms with Crippen LogP contribution in [-0.2, 0) is 16.0 Å². The number of hydrogen-bond donors (Lipinski definition) is 0. The smallest absolute Gasteiger partial charge is 0.246 e. The summed E-state index contributed by atoms with van der Waals surface area (Å²) in [6.45, 7) is 2.52. The van der Waals surface area contributed by atoms with Crippen molar-refractivity contribution in [1.82, 2.24) is 4.90 Å². The SMILES string of the molecule is CC(=O)N(CC(=O)N1CCCc2ccccc21)C1CC1. The lowest BCUT2D eigenvalue weighted by atomic mass is 10.0. The van der Waals surface area contributed by atoms with Crippen molar-refractivity contribution >= 4 is 17.5 Å². The van der Waals surface area contributed by atoms with Crippen LogP contribution in [0, 0.1) is 0 Å². The van der Waals surface area contributed by atoms with Crippen molar-refractivity contribution in [2.75, 3.05) is 18.0 Å². The number of rotatable bonds is 3. The average molecular weight is 272 g/mol. The Labute approximate surface area is 119 Å². The molecule has 0 atom stereocenters. The second-order valence-electron chi connectivity index (χ2n) is 5.66. The number of amides is 2. The minimum Gasteiger partial charge on any atom is -0.331 e. The van der Waals surface area contributed by atoms with Gasteiger partial charge in [0, 0.05) is 25.2 Å². The topological polar surface area (TPSA) is 40.6 Å². The van der Waals surface area contributed by atoms with E-state index in [0.29, 0.717) is 0 Å². The molecule has 0 unspecified atom stereocenters. The van der Waals surface area contributed by atoms with Crippen LogP contribution in [0.5, 0.6) is 0 Å². The van der Waals surface area contributed by atoms with Crippen LogP contribution in [0.2, 0.25) is 0 Å². The van der Waals surface area contributed by atoms with Gasteiger partial charge in [0.2, 0.25) is 11.8 Å². The maximum Gasteiger partial charge on any atom is 0.246 e. The van der Waals surface area contributed by atoms with Crippen molar-refractivity contribution in [3.63, 3.8) is 0 Å². The van der Waals surface area contributed by atoms with Crippen LogP contribution >= 0.6 is 0 Å². The van der Waals surface area contributed by atoms with Gasteiger partial charge in [0.1, 0.15) is 6.54 Å². The standard InChI is InChI=1S/C16H20N2O2/c1-12(19)18(14-8-9-14)11-16(20)17-10-4-6-13-5-2-3-7-15(13)17/h2-3,5,7,14H,4,6,8-11H2,1H3. The average Bonchev–Trinajstić information content (AvgIpc) is 3.28. The first-order chi connectivity index (χ1) is 9.66. The highest BCUT2D eigenvalue weighted by molar-refractivity contribution is 5.97. The Morgan fingerprint density at radius 2 is 2.05 bits per heavy atom. The normalized spacial score (nSPS) is 17.6. The molecule has 20 heavy (non-hydrogen) atoms. The molecule has 1 saturated carbocycles. The highest BCUT2D eigenvalue weighted by Crippen LogP contribution is 2.29. The van der Waals surface area contributed by atoms with Gasteiger partial charge in [0.25, 0.3) is 0 Å². The Hall–Kier alpha value is -1.84. The molecule has 1 heterocycles. The maximum atomic E-state index is 12.5. The lowest BCUT2D eigenvalue weighted by molar-refractivity contribution is -0.134. The van der Waals surface area contributed by atoms with Crippen molar-refractivity contribution in [2.45, 2.75) is 38.6 Å². The van der Waals surface area contributed by atoms with Crippen LogP contribution in [0.15, 0.2) is 24.3 Å². The van der Waals surface area contributed by atoms with Crippen molar-refractivity contribution in [1.29, 1.82) is 0 Å². The first-order valence-electron chi connectivity index (χ1n) is 7.32. The van der Waals surface area contributed by atoms with Crippen LogP contribution in [0.1, 0.15) is 31.7 Å². The molecule has 0 N–H and O–H groups in total. The third kappa shape index (κ3) is 2.55. The molecule has 0 bridgehead atoms. The quantitative estimate of drug-likeness (QED) is 0.844. The molecule has 4 nitrogen and oxygen atoms in total. The van der Waals surface area contributed by atoms with Gasteiger partial charge in [-0.15, -0.1) is 0 Å². The van der Waals surface area contributed by atoms with Gasteiger partial charge in [0.15, 0.2) is 0 Å². The third-order valence-corrected chi connectivity index (χ3v) is 4.11. The molecule has 2 aliphatic rings. The van der Waals surface area contributed by atoms with Crippen molar-refractivity contribution in [2.24, 2.45) is 0 Å². The van der Waals surface area contributed by atoms with E-state index in [2.05, 4.69) is 6.07 Å². The largest absolute Gasteiger partial charge is 0.331 e. The molecule has 0 radical (unpaired) electrons. The first kappa shape index (κ1) is 13.2. The third-order valence-electron chi connectivity index (χ3n) is 4.11. The van der Waals surface area contributed by atoms with Gasteiger partial charge < -0.3 is 9.80 Å². The summed E-state index contributed by atoms with van der Waals surface area (Å²) in [5.41, 5.74) is 2.25. The zero-order valence-electron chi connectivity index (χ0n) is 11.8. The van der Waals surface area contributed by atoms with E-state index in [1.807, 2.05) is 23.1 Å². The van der Waals surface area contributed by atoms with Gasteiger partial charge in [-0.3, -0.25) is 9.59 Å². The van der Waals surface area contributed by atoms with E-state index >= 15 is 0 Å². The van der Waals surface area contributed by atoms with E-state index in [1.54, 1.807) is 11.8 Å². The predicted octanol–water partition coefficient (Wildman–Crippen LogP) is 1.98. The summed E-state index contributed by atoms with van der Waals surface area (Å²) >= 11 is 0. The second-order valence-corrected chi connectivity index (χ2v) is 5.66. The molecule has 1 aromatic rings. The fraction of sp³-hybridized carbons (Fsp3) is 0.500. The first-order valence-corrected chi connectivity index (χ1v) is 7.32. The molecule has 0 spiro atoms. The molecule has 1 aliphatic heterocycles. The van der Waals surface area contributed by atoms with Gasteiger partial charge in [-0.2, -0.15) is 0 Å². The van der Waals surface area contributed by atoms with Gasteiger partial charge in [0.05, 0.1) is 0 Å². The van der Waals surface area contributed by atoms with E-state index in [0.717, 1.165) is 37.9 Å². The zero-order valence-corrected chi connectivity index (χ0v) is 11.8. The van der Waals surface area contributed by atoms with Crippen molar-refractivity contribution in [3.8, 4) is 0 Å². The molecule has 106 valence electrons. The summed E-state index contributed by atoms with van der Waals surface area (Å²) in [6.07, 6.45) is 4.08. The van der Waals surface area contributed by atoms with E-state index in [1.165, 1.54) is 5.56 Å². The molecule has 4 heteroatoms. The Kier molecular flexibility index (Phi) is 3.47. The predicted molar refractivity (Wildman–Crippen MR) is 77.5 cm³/mol. The number of para-hydroxylation sites is 1. The number of carbonyl (C=O) groups is 2. The summed E-state index contributed by atoms with van der Waals surface area (Å²) in [7, 11) is 0. The van der Waals surface area contributed by atoms with Crippen molar-refractivity contribution in [3.05, 3.63) is 29.8 Å². The number of anilines is 1. The van der Waals surface area contributed by atoms with Crippen LogP contribution < -0.4 is 4.90 Å². The molecule has 1 aliphatic carbocycles. The molecule has 3 rings (SSSR count). The van der Waals surface area contributed by atoms with Crippen LogP contribution in [-0.4, -0.2) is 35.8 Å². The molecular weight excluding hydrogens is 252 g/mol. The second kappa shape index (κ2) is 5.27. The number of fused-ring (bicyclic) bond motifs is 1. The minimum atomic E-state index is 0.00569. The highest BCUT2D eigenvalue weighted by atomic mass is 16.2. The van der Waals surface area contributed by atoms with Gasteiger partial charge in [-0.05, 0) is 37.3 Å². The Morgan fingerprint density at radius 3 is 2.75 bits per heavy atom. The maximum absolute atomic E-state index is 12.5. The summed E-state index contributed by atoms with van der Waals surface area (Å²) in [5.74, 6) is 0.0467. The fourth-order valence-corrected chi connectivity index (χ4v) is 2.91. The molecule has 0 aromatic heterocycles. The summed E-state index contributed by atoms with van der Waals surface area (Å²) in [6, 6.07) is 8.35. The minimum absolute atomic E-state index is 0.00569. The number of nitrogens with zero attached hydrogens (tertiary/aromatic N) is 2. The van der Waals surface area contributed by atoms with E-state index < -0.39 is 0 Å². The Bertz CT molecular complexity index is 537. The molecule has 1 fully saturated rings. The summed E-state index contributed by atoms with van der Waals surface area (Å²) in [5, 5.41) is 0. The van der Waals surface area contributed by atoms with Crippen molar-refractivity contribution < 1.29 is 9.59 Å². The van der Waals surface area contributed by atoms with E-state index in [4.69, 9.17) is 0 Å². The zero-order chi connectivity index (χ0) is 14.1. The van der Waals surface area contributed by atoms with Gasteiger partial charge in [-0.25, -0.2) is 0 Å². The molecule has 2 amide bonds. The monoisotopic (exact) mass is 272 g/mol. The Morgan fingerprint density at radius 1 is 1.30 bits per heavy atom. The number of aryl methyl sites for hydroxylation is 1. The Balaban J connectivity index is 1.76. The highest BCUT2D eigenvalue weighted by Gasteiger charge is 2.33. The van der Waals surface area contributed by atoms with Gasteiger partial charge in [-0.1, -0.05) is 18.2 Å². The van der Waals surface area contributed by atoms with Gasteiger partial charge >= 0.3 is 0 Å². The molecular formula is C16H20N2O2. The van der Waals surface area contributed by atoms with Crippen LogP contribution in [0.4, 0.5) is 5.69 Å². The number of carbonyl (C=O) groups excluding carboxylic acids is 2.